The molecule has 1 aliphatic heterocycles. The number of nitro benzene ring substituents is 1. The minimum absolute atomic E-state index is 0.269. The van der Waals surface area contributed by atoms with Crippen LogP contribution < -0.4 is 4.74 Å². The largest absolute Gasteiger partial charge is 0.469 e. The molecule has 1 fully saturated rings. The molecule has 0 saturated carbocycles. The molecule has 13 heteroatoms. The molecule has 5 atom stereocenters. The summed E-state index contributed by atoms with van der Waals surface area (Å²) in [5, 5.41) is 40.5. The van der Waals surface area contributed by atoms with Crippen LogP contribution in [-0.2, 0) is 13.8 Å². The van der Waals surface area contributed by atoms with E-state index in [9.17, 15) is 30.0 Å². The van der Waals surface area contributed by atoms with Crippen molar-refractivity contribution >= 4 is 13.5 Å². The fourth-order valence-electron chi connectivity index (χ4n) is 2.15. The lowest BCUT2D eigenvalue weighted by atomic mass is 9.99. The standard InChI is InChI=1S/C12H16NO11P/c14-9-8(5-22-25(19,20)21)24-12(11(16)10(9)15)23-7-4-2-1-3-6(7)13(17)18/h1-4,8-12,14-16H,5H2,(H2,19,20,21)/t8-,9-,10+,11-,12?/m1/s1. The molecule has 1 heterocycles. The molecule has 1 unspecified atom stereocenters. The Morgan fingerprint density at radius 2 is 1.80 bits per heavy atom. The molecule has 1 aliphatic rings. The number of ether oxygens (including phenoxy) is 2. The molecular formula is C12H16NO11P. The first-order valence-corrected chi connectivity index (χ1v) is 8.43. The summed E-state index contributed by atoms with van der Waals surface area (Å²) < 4.78 is 25.3. The van der Waals surface area contributed by atoms with Crippen LogP contribution in [0.4, 0.5) is 5.69 Å². The minimum Gasteiger partial charge on any atom is -0.455 e. The van der Waals surface area contributed by atoms with E-state index in [0.29, 0.717) is 0 Å². The first kappa shape index (κ1) is 19.7. The molecule has 0 amide bonds. The highest BCUT2D eigenvalue weighted by Crippen LogP contribution is 2.37. The van der Waals surface area contributed by atoms with Gasteiger partial charge in [0, 0.05) is 6.07 Å². The first-order chi connectivity index (χ1) is 11.6. The molecular weight excluding hydrogens is 365 g/mol. The molecule has 2 rings (SSSR count). The second-order valence-electron chi connectivity index (χ2n) is 5.14. The third kappa shape index (κ3) is 4.93. The highest BCUT2D eigenvalue weighted by molar-refractivity contribution is 7.46. The molecule has 0 spiro atoms. The predicted molar refractivity (Wildman–Crippen MR) is 78.4 cm³/mol. The number of hydrogen-bond donors (Lipinski definition) is 5. The monoisotopic (exact) mass is 381 g/mol. The van der Waals surface area contributed by atoms with Gasteiger partial charge in [0.1, 0.15) is 24.4 Å². The van der Waals surface area contributed by atoms with Gasteiger partial charge in [-0.25, -0.2) is 4.57 Å². The number of aliphatic hydroxyl groups is 3. The van der Waals surface area contributed by atoms with Crippen LogP contribution in [0.3, 0.4) is 0 Å². The Bertz CT molecular complexity index is 664. The van der Waals surface area contributed by atoms with Gasteiger partial charge in [-0.2, -0.15) is 0 Å². The van der Waals surface area contributed by atoms with Crippen molar-refractivity contribution in [2.24, 2.45) is 0 Å². The van der Waals surface area contributed by atoms with E-state index in [1.807, 2.05) is 0 Å². The van der Waals surface area contributed by atoms with Crippen molar-refractivity contribution in [3.63, 3.8) is 0 Å². The van der Waals surface area contributed by atoms with E-state index in [-0.39, 0.29) is 5.75 Å². The van der Waals surface area contributed by atoms with Crippen molar-refractivity contribution in [2.75, 3.05) is 6.61 Å². The number of nitro groups is 1. The number of rotatable bonds is 6. The number of hydrogen-bond acceptors (Lipinski definition) is 9. The summed E-state index contributed by atoms with van der Waals surface area (Å²) in [5.41, 5.74) is -0.429. The van der Waals surface area contributed by atoms with Gasteiger partial charge in [0.25, 0.3) is 0 Å². The van der Waals surface area contributed by atoms with Crippen LogP contribution in [0.2, 0.25) is 0 Å². The molecule has 0 aromatic heterocycles. The van der Waals surface area contributed by atoms with Gasteiger partial charge >= 0.3 is 13.5 Å². The maximum Gasteiger partial charge on any atom is 0.469 e. The average molecular weight is 381 g/mol. The first-order valence-electron chi connectivity index (χ1n) is 6.90. The van der Waals surface area contributed by atoms with Gasteiger partial charge in [-0.15, -0.1) is 0 Å². The summed E-state index contributed by atoms with van der Waals surface area (Å²) in [6.07, 6.45) is -8.41. The van der Waals surface area contributed by atoms with E-state index >= 15 is 0 Å². The average Bonchev–Trinajstić information content (AvgIpc) is 2.53. The zero-order valence-electron chi connectivity index (χ0n) is 12.5. The number of aliphatic hydroxyl groups excluding tert-OH is 3. The molecule has 1 aromatic rings. The van der Waals surface area contributed by atoms with Crippen molar-refractivity contribution in [3.8, 4) is 5.75 Å². The van der Waals surface area contributed by atoms with Crippen LogP contribution in [0.1, 0.15) is 0 Å². The van der Waals surface area contributed by atoms with Crippen LogP contribution in [-0.4, -0.2) is 67.3 Å². The van der Waals surface area contributed by atoms with Gasteiger partial charge in [0.05, 0.1) is 11.5 Å². The van der Waals surface area contributed by atoms with Crippen LogP contribution >= 0.6 is 7.82 Å². The molecule has 1 saturated heterocycles. The molecule has 1 aromatic carbocycles. The van der Waals surface area contributed by atoms with E-state index in [4.69, 9.17) is 19.3 Å². The zero-order chi connectivity index (χ0) is 18.8. The lowest BCUT2D eigenvalue weighted by molar-refractivity contribution is -0.387. The SMILES string of the molecule is O=[N+]([O-])c1ccccc1OC1O[C@H](COP(=O)(O)O)[C@@H](O)[C@H](O)[C@H]1O. The van der Waals surface area contributed by atoms with Gasteiger partial charge in [-0.3, -0.25) is 14.6 Å². The van der Waals surface area contributed by atoms with E-state index < -0.39 is 55.7 Å². The van der Waals surface area contributed by atoms with E-state index in [2.05, 4.69) is 4.52 Å². The maximum absolute atomic E-state index is 11.0. The summed E-state index contributed by atoms with van der Waals surface area (Å²) in [7, 11) is -4.87. The van der Waals surface area contributed by atoms with Gasteiger partial charge in [-0.05, 0) is 6.07 Å². The normalized spacial score (nSPS) is 30.0. The number of para-hydroxylation sites is 2. The van der Waals surface area contributed by atoms with E-state index in [1.165, 1.54) is 18.2 Å². The summed E-state index contributed by atoms with van der Waals surface area (Å²) in [6.45, 7) is -0.814. The van der Waals surface area contributed by atoms with E-state index in [1.54, 1.807) is 0 Å². The molecule has 5 N–H and O–H groups in total. The van der Waals surface area contributed by atoms with Crippen molar-refractivity contribution in [3.05, 3.63) is 34.4 Å². The fourth-order valence-corrected chi connectivity index (χ4v) is 2.50. The highest BCUT2D eigenvalue weighted by atomic mass is 31.2. The molecule has 12 nitrogen and oxygen atoms in total. The number of phosphoric acid groups is 1. The maximum atomic E-state index is 11.0. The Morgan fingerprint density at radius 3 is 2.40 bits per heavy atom. The lowest BCUT2D eigenvalue weighted by Gasteiger charge is -2.39. The van der Waals surface area contributed by atoms with Crippen LogP contribution in [0.25, 0.3) is 0 Å². The van der Waals surface area contributed by atoms with Gasteiger partial charge < -0.3 is 34.6 Å². The van der Waals surface area contributed by atoms with Crippen LogP contribution in [0.5, 0.6) is 5.75 Å². The Labute approximate surface area is 140 Å². The second-order valence-corrected chi connectivity index (χ2v) is 6.38. The topological polar surface area (TPSA) is 189 Å². The van der Waals surface area contributed by atoms with Crippen molar-refractivity contribution in [2.45, 2.75) is 30.7 Å². The third-order valence-electron chi connectivity index (χ3n) is 3.38. The fraction of sp³-hybridized carbons (Fsp3) is 0.500. The smallest absolute Gasteiger partial charge is 0.455 e. The van der Waals surface area contributed by atoms with Crippen LogP contribution in [0.15, 0.2) is 24.3 Å². The quantitative estimate of drug-likeness (QED) is 0.228. The third-order valence-corrected chi connectivity index (χ3v) is 3.87. The van der Waals surface area contributed by atoms with Gasteiger partial charge in [-0.1, -0.05) is 12.1 Å². The highest BCUT2D eigenvalue weighted by Gasteiger charge is 2.46. The second kappa shape index (κ2) is 7.72. The summed E-state index contributed by atoms with van der Waals surface area (Å²) in [4.78, 5) is 27.6. The molecule has 0 radical (unpaired) electrons. The van der Waals surface area contributed by atoms with Crippen molar-refractivity contribution in [1.29, 1.82) is 0 Å². The van der Waals surface area contributed by atoms with Crippen LogP contribution in [0, 0.1) is 10.1 Å². The Balaban J connectivity index is 2.16. The summed E-state index contributed by atoms with van der Waals surface area (Å²) >= 11 is 0. The number of benzene rings is 1. The lowest BCUT2D eigenvalue weighted by Crippen LogP contribution is -2.60. The Morgan fingerprint density at radius 1 is 1.16 bits per heavy atom. The Kier molecular flexibility index (Phi) is 6.08. The molecule has 0 bridgehead atoms. The van der Waals surface area contributed by atoms with E-state index in [0.717, 1.165) is 6.07 Å². The minimum atomic E-state index is -4.87. The van der Waals surface area contributed by atoms with Crippen molar-refractivity contribution in [1.82, 2.24) is 0 Å². The number of nitrogens with zero attached hydrogens (tertiary/aromatic N) is 1. The zero-order valence-corrected chi connectivity index (χ0v) is 13.4. The summed E-state index contributed by atoms with van der Waals surface area (Å²) in [5.74, 6) is -0.269. The van der Waals surface area contributed by atoms with Crippen molar-refractivity contribution < 1.29 is 48.6 Å². The molecule has 140 valence electrons. The Hall–Kier alpha value is -1.63. The van der Waals surface area contributed by atoms with Gasteiger partial charge in [0.2, 0.25) is 6.29 Å². The predicted octanol–water partition coefficient (Wildman–Crippen LogP) is -1.11. The molecule has 25 heavy (non-hydrogen) atoms. The number of phosphoric ester groups is 1. The van der Waals surface area contributed by atoms with Gasteiger partial charge in [0.15, 0.2) is 5.75 Å². The molecule has 0 aliphatic carbocycles. The summed E-state index contributed by atoms with van der Waals surface area (Å²) in [6, 6.07) is 5.19.